The van der Waals surface area contributed by atoms with Crippen molar-refractivity contribution in [1.29, 1.82) is 0 Å². The first-order valence-corrected chi connectivity index (χ1v) is 6.92. The molecule has 0 bridgehead atoms. The van der Waals surface area contributed by atoms with Gasteiger partial charge in [-0.05, 0) is 44.4 Å². The molecule has 1 saturated carbocycles. The maximum Gasteiger partial charge on any atom is 0.191 e. The van der Waals surface area contributed by atoms with Gasteiger partial charge >= 0.3 is 0 Å². The third-order valence-corrected chi connectivity index (χ3v) is 3.94. The van der Waals surface area contributed by atoms with Gasteiger partial charge in [0, 0.05) is 18.5 Å². The average Bonchev–Trinajstić information content (AvgIpc) is 3.20. The Morgan fingerprint density at radius 1 is 1.26 bits per heavy atom. The molecule has 4 heteroatoms. The van der Waals surface area contributed by atoms with Gasteiger partial charge in [-0.3, -0.25) is 4.99 Å². The van der Waals surface area contributed by atoms with Crippen LogP contribution in [0.5, 0.6) is 0 Å². The number of rotatable bonds is 5. The molecule has 1 aliphatic carbocycles. The largest absolute Gasteiger partial charge is 0.370 e. The summed E-state index contributed by atoms with van der Waals surface area (Å²) < 4.78 is 13.0. The Morgan fingerprint density at radius 3 is 2.32 bits per heavy atom. The highest BCUT2D eigenvalue weighted by Crippen LogP contribution is 2.48. The molecule has 1 aliphatic rings. The van der Waals surface area contributed by atoms with Crippen LogP contribution in [0.1, 0.15) is 32.3 Å². The standard InChI is InChI=1S/C15H22FN3/c1-3-19(4-2)14(17)18-11-15(9-10-15)12-5-7-13(16)8-6-12/h5-8H,3-4,9-11H2,1-2H3,(H2,17,18). The van der Waals surface area contributed by atoms with Gasteiger partial charge in [0.2, 0.25) is 0 Å². The lowest BCUT2D eigenvalue weighted by Gasteiger charge is -2.21. The molecule has 104 valence electrons. The van der Waals surface area contributed by atoms with Gasteiger partial charge < -0.3 is 10.6 Å². The smallest absolute Gasteiger partial charge is 0.191 e. The van der Waals surface area contributed by atoms with E-state index in [1.807, 2.05) is 17.0 Å². The van der Waals surface area contributed by atoms with Crippen LogP contribution >= 0.6 is 0 Å². The van der Waals surface area contributed by atoms with Crippen molar-refractivity contribution in [2.24, 2.45) is 10.7 Å². The second-order valence-corrected chi connectivity index (χ2v) is 5.13. The second-order valence-electron chi connectivity index (χ2n) is 5.13. The van der Waals surface area contributed by atoms with Crippen molar-refractivity contribution in [2.45, 2.75) is 32.1 Å². The third kappa shape index (κ3) is 3.06. The second kappa shape index (κ2) is 5.59. The van der Waals surface area contributed by atoms with Crippen LogP contribution < -0.4 is 5.73 Å². The molecule has 1 fully saturated rings. The number of hydrogen-bond acceptors (Lipinski definition) is 1. The summed E-state index contributed by atoms with van der Waals surface area (Å²) in [7, 11) is 0. The number of hydrogen-bond donors (Lipinski definition) is 1. The van der Waals surface area contributed by atoms with Crippen molar-refractivity contribution in [2.75, 3.05) is 19.6 Å². The van der Waals surface area contributed by atoms with Crippen molar-refractivity contribution in [3.05, 3.63) is 35.6 Å². The normalized spacial score (nSPS) is 17.3. The molecule has 1 aromatic rings. The van der Waals surface area contributed by atoms with Crippen LogP contribution in [0.25, 0.3) is 0 Å². The molecular weight excluding hydrogens is 241 g/mol. The van der Waals surface area contributed by atoms with Gasteiger partial charge in [-0.2, -0.15) is 0 Å². The summed E-state index contributed by atoms with van der Waals surface area (Å²) in [5.41, 5.74) is 7.25. The Labute approximate surface area is 114 Å². The summed E-state index contributed by atoms with van der Waals surface area (Å²) in [4.78, 5) is 6.57. The molecule has 0 spiro atoms. The van der Waals surface area contributed by atoms with Crippen LogP contribution in [0, 0.1) is 5.82 Å². The van der Waals surface area contributed by atoms with Crippen molar-refractivity contribution in [3.8, 4) is 0 Å². The lowest BCUT2D eigenvalue weighted by molar-refractivity contribution is 0.456. The number of aliphatic imine (C=N–C) groups is 1. The minimum Gasteiger partial charge on any atom is -0.370 e. The number of guanidine groups is 1. The summed E-state index contributed by atoms with van der Waals surface area (Å²) in [5.74, 6) is 0.420. The highest BCUT2D eigenvalue weighted by atomic mass is 19.1. The van der Waals surface area contributed by atoms with Gasteiger partial charge in [-0.15, -0.1) is 0 Å². The summed E-state index contributed by atoms with van der Waals surface area (Å²) in [5, 5.41) is 0. The predicted octanol–water partition coefficient (Wildman–Crippen LogP) is 2.51. The number of benzene rings is 1. The first-order chi connectivity index (χ1) is 9.11. The van der Waals surface area contributed by atoms with E-state index >= 15 is 0 Å². The first-order valence-electron chi connectivity index (χ1n) is 6.92. The Kier molecular flexibility index (Phi) is 4.08. The van der Waals surface area contributed by atoms with Crippen LogP contribution in [0.3, 0.4) is 0 Å². The Bertz CT molecular complexity index is 445. The van der Waals surface area contributed by atoms with E-state index in [0.717, 1.165) is 25.9 Å². The van der Waals surface area contributed by atoms with Gasteiger partial charge in [0.1, 0.15) is 5.82 Å². The van der Waals surface area contributed by atoms with E-state index in [-0.39, 0.29) is 11.2 Å². The zero-order valence-corrected chi connectivity index (χ0v) is 11.7. The van der Waals surface area contributed by atoms with E-state index in [1.54, 1.807) is 0 Å². The summed E-state index contributed by atoms with van der Waals surface area (Å²) in [6, 6.07) is 6.77. The fraction of sp³-hybridized carbons (Fsp3) is 0.533. The van der Waals surface area contributed by atoms with Crippen molar-refractivity contribution < 1.29 is 4.39 Å². The zero-order valence-electron chi connectivity index (χ0n) is 11.7. The van der Waals surface area contributed by atoms with Crippen LogP contribution in [0.4, 0.5) is 4.39 Å². The first kappa shape index (κ1) is 13.8. The van der Waals surface area contributed by atoms with E-state index in [1.165, 1.54) is 17.7 Å². The van der Waals surface area contributed by atoms with Crippen LogP contribution in [-0.2, 0) is 5.41 Å². The molecule has 2 rings (SSSR count). The molecule has 3 nitrogen and oxygen atoms in total. The number of halogens is 1. The molecule has 1 aromatic carbocycles. The quantitative estimate of drug-likeness (QED) is 0.655. The Hall–Kier alpha value is -1.58. The topological polar surface area (TPSA) is 41.6 Å². The maximum absolute atomic E-state index is 13.0. The van der Waals surface area contributed by atoms with E-state index in [9.17, 15) is 4.39 Å². The molecule has 19 heavy (non-hydrogen) atoms. The van der Waals surface area contributed by atoms with E-state index in [4.69, 9.17) is 5.73 Å². The van der Waals surface area contributed by atoms with E-state index in [2.05, 4.69) is 18.8 Å². The van der Waals surface area contributed by atoms with E-state index in [0.29, 0.717) is 12.5 Å². The average molecular weight is 263 g/mol. The fourth-order valence-electron chi connectivity index (χ4n) is 2.37. The molecule has 0 amide bonds. The highest BCUT2D eigenvalue weighted by Gasteiger charge is 2.44. The van der Waals surface area contributed by atoms with Gasteiger partial charge in [0.15, 0.2) is 5.96 Å². The van der Waals surface area contributed by atoms with Gasteiger partial charge in [0.05, 0.1) is 6.54 Å². The summed E-state index contributed by atoms with van der Waals surface area (Å²) >= 11 is 0. The minimum atomic E-state index is -0.189. The van der Waals surface area contributed by atoms with Crippen LogP contribution in [-0.4, -0.2) is 30.5 Å². The maximum atomic E-state index is 13.0. The summed E-state index contributed by atoms with van der Waals surface area (Å²) in [6.45, 7) is 6.57. The molecule has 0 unspecified atom stereocenters. The van der Waals surface area contributed by atoms with Gasteiger partial charge in [0.25, 0.3) is 0 Å². The molecule has 0 saturated heterocycles. The Balaban J connectivity index is 2.06. The molecule has 0 heterocycles. The lowest BCUT2D eigenvalue weighted by Crippen LogP contribution is -2.37. The van der Waals surface area contributed by atoms with E-state index < -0.39 is 0 Å². The zero-order chi connectivity index (χ0) is 13.9. The summed E-state index contributed by atoms with van der Waals surface area (Å²) in [6.07, 6.45) is 2.21. The molecule has 0 radical (unpaired) electrons. The monoisotopic (exact) mass is 263 g/mol. The molecule has 0 aliphatic heterocycles. The molecule has 0 aromatic heterocycles. The highest BCUT2D eigenvalue weighted by molar-refractivity contribution is 5.78. The molecule has 0 atom stereocenters. The van der Waals surface area contributed by atoms with Crippen molar-refractivity contribution in [1.82, 2.24) is 4.90 Å². The van der Waals surface area contributed by atoms with Gasteiger partial charge in [-0.25, -0.2) is 4.39 Å². The number of nitrogens with two attached hydrogens (primary N) is 1. The van der Waals surface area contributed by atoms with Gasteiger partial charge in [-0.1, -0.05) is 12.1 Å². The molecule has 2 N–H and O–H groups in total. The fourth-order valence-corrected chi connectivity index (χ4v) is 2.37. The Morgan fingerprint density at radius 2 is 1.84 bits per heavy atom. The predicted molar refractivity (Wildman–Crippen MR) is 76.7 cm³/mol. The SMILES string of the molecule is CCN(CC)C(N)=NCC1(c2ccc(F)cc2)CC1. The molecular formula is C15H22FN3. The van der Waals surface area contributed by atoms with Crippen molar-refractivity contribution >= 4 is 5.96 Å². The van der Waals surface area contributed by atoms with Crippen LogP contribution in [0.2, 0.25) is 0 Å². The van der Waals surface area contributed by atoms with Crippen molar-refractivity contribution in [3.63, 3.8) is 0 Å². The third-order valence-electron chi connectivity index (χ3n) is 3.94. The number of nitrogens with zero attached hydrogens (tertiary/aromatic N) is 2. The lowest BCUT2D eigenvalue weighted by atomic mass is 9.96. The minimum absolute atomic E-state index is 0.0888. The van der Waals surface area contributed by atoms with Crippen LogP contribution in [0.15, 0.2) is 29.3 Å².